The molecule has 0 radical (unpaired) electrons. The average Bonchev–Trinajstić information content (AvgIpc) is 2.78. The number of aryl methyl sites for hydroxylation is 1. The highest BCUT2D eigenvalue weighted by atomic mass is 32.2. The van der Waals surface area contributed by atoms with Crippen LogP contribution in [-0.2, 0) is 6.54 Å². The number of hydrogen-bond acceptors (Lipinski definition) is 4. The van der Waals surface area contributed by atoms with Crippen molar-refractivity contribution in [1.29, 1.82) is 0 Å². The Hall–Kier alpha value is -1.40. The number of H-pyrrole nitrogens is 1. The molecule has 4 nitrogen and oxygen atoms in total. The largest absolute Gasteiger partial charge is 0.312 e. The van der Waals surface area contributed by atoms with E-state index in [1.54, 1.807) is 6.07 Å². The molecule has 2 aromatic rings. The molecule has 0 atom stereocenters. The Morgan fingerprint density at radius 1 is 1.40 bits per heavy atom. The Bertz CT molecular complexity index is 568. The van der Waals surface area contributed by atoms with Crippen LogP contribution >= 0.6 is 11.8 Å². The van der Waals surface area contributed by atoms with Gasteiger partial charge >= 0.3 is 0 Å². The maximum absolute atomic E-state index is 14.0. The van der Waals surface area contributed by atoms with E-state index in [-0.39, 0.29) is 5.82 Å². The molecule has 0 fully saturated rings. The summed E-state index contributed by atoms with van der Waals surface area (Å²) in [5.41, 5.74) is 0.929. The van der Waals surface area contributed by atoms with Crippen LogP contribution in [0.25, 0.3) is 0 Å². The second-order valence-electron chi connectivity index (χ2n) is 5.06. The van der Waals surface area contributed by atoms with E-state index in [0.717, 1.165) is 17.9 Å². The van der Waals surface area contributed by atoms with E-state index in [4.69, 9.17) is 0 Å². The number of hydrogen-bond donors (Lipinski definition) is 2. The van der Waals surface area contributed by atoms with Gasteiger partial charge in [0.2, 0.25) is 5.16 Å². The number of nitrogens with one attached hydrogen (secondary N) is 2. The fraction of sp³-hybridized carbons (Fsp3) is 0.429. The van der Waals surface area contributed by atoms with Gasteiger partial charge in [0.05, 0.1) is 4.90 Å². The first-order chi connectivity index (χ1) is 9.56. The lowest BCUT2D eigenvalue weighted by atomic mass is 10.2. The first-order valence-corrected chi connectivity index (χ1v) is 7.43. The van der Waals surface area contributed by atoms with E-state index < -0.39 is 0 Å². The van der Waals surface area contributed by atoms with Gasteiger partial charge in [0.1, 0.15) is 11.6 Å². The lowest BCUT2D eigenvalue weighted by Crippen LogP contribution is -2.19. The molecule has 20 heavy (non-hydrogen) atoms. The fourth-order valence-corrected chi connectivity index (χ4v) is 2.65. The van der Waals surface area contributed by atoms with Crippen LogP contribution in [0.2, 0.25) is 0 Å². The van der Waals surface area contributed by atoms with Crippen molar-refractivity contribution in [2.24, 2.45) is 5.92 Å². The lowest BCUT2D eigenvalue weighted by Gasteiger charge is -2.11. The van der Waals surface area contributed by atoms with Crippen molar-refractivity contribution in [2.75, 3.05) is 6.54 Å². The van der Waals surface area contributed by atoms with Crippen molar-refractivity contribution in [3.8, 4) is 0 Å². The van der Waals surface area contributed by atoms with Crippen molar-refractivity contribution in [3.05, 3.63) is 35.4 Å². The molecular weight excluding hydrogens is 275 g/mol. The minimum Gasteiger partial charge on any atom is -0.312 e. The van der Waals surface area contributed by atoms with Crippen molar-refractivity contribution in [3.63, 3.8) is 0 Å². The minimum atomic E-state index is -0.235. The molecule has 1 aromatic carbocycles. The molecule has 2 N–H and O–H groups in total. The van der Waals surface area contributed by atoms with E-state index in [9.17, 15) is 4.39 Å². The summed E-state index contributed by atoms with van der Waals surface area (Å²) in [6.07, 6.45) is 0. The molecular formula is C14H19FN4S. The van der Waals surface area contributed by atoms with E-state index in [1.807, 2.05) is 13.0 Å². The molecule has 0 amide bonds. The number of rotatable bonds is 6. The summed E-state index contributed by atoms with van der Waals surface area (Å²) in [4.78, 5) is 4.79. The van der Waals surface area contributed by atoms with Crippen LogP contribution in [0.4, 0.5) is 4.39 Å². The third kappa shape index (κ3) is 4.05. The number of aromatic nitrogens is 3. The highest BCUT2D eigenvalue weighted by molar-refractivity contribution is 7.99. The average molecular weight is 294 g/mol. The third-order valence-electron chi connectivity index (χ3n) is 2.69. The predicted molar refractivity (Wildman–Crippen MR) is 78.2 cm³/mol. The first kappa shape index (κ1) is 15.0. The number of benzene rings is 1. The second-order valence-corrected chi connectivity index (χ2v) is 6.04. The van der Waals surface area contributed by atoms with Crippen molar-refractivity contribution in [2.45, 2.75) is 37.4 Å². The maximum atomic E-state index is 14.0. The molecule has 0 aliphatic carbocycles. The normalized spacial score (nSPS) is 11.2. The van der Waals surface area contributed by atoms with Gasteiger partial charge in [0.15, 0.2) is 0 Å². The van der Waals surface area contributed by atoms with Gasteiger partial charge in [-0.25, -0.2) is 9.37 Å². The Balaban J connectivity index is 2.13. The fourth-order valence-electron chi connectivity index (χ4n) is 1.76. The summed E-state index contributed by atoms with van der Waals surface area (Å²) in [7, 11) is 0. The molecule has 0 aliphatic heterocycles. The van der Waals surface area contributed by atoms with Crippen LogP contribution in [0.3, 0.4) is 0 Å². The summed E-state index contributed by atoms with van der Waals surface area (Å²) in [6.45, 7) is 7.65. The van der Waals surface area contributed by atoms with Gasteiger partial charge in [-0.2, -0.15) is 0 Å². The van der Waals surface area contributed by atoms with Crippen molar-refractivity contribution < 1.29 is 4.39 Å². The van der Waals surface area contributed by atoms with E-state index >= 15 is 0 Å². The topological polar surface area (TPSA) is 53.6 Å². The molecule has 0 bridgehead atoms. The van der Waals surface area contributed by atoms with Gasteiger partial charge in [0.25, 0.3) is 0 Å². The standard InChI is InChI=1S/C14H19FN4S/c1-9(2)7-16-8-11-5-4-6-12(15)13(11)20-14-17-10(3)18-19-14/h4-6,9,16H,7-8H2,1-3H3,(H,17,18,19). The van der Waals surface area contributed by atoms with Crippen LogP contribution in [0.1, 0.15) is 25.2 Å². The summed E-state index contributed by atoms with van der Waals surface area (Å²) in [5, 5.41) is 10.7. The molecule has 1 heterocycles. The number of halogens is 1. The van der Waals surface area contributed by atoms with Crippen LogP contribution in [0, 0.1) is 18.7 Å². The Labute approximate surface area is 122 Å². The molecule has 0 unspecified atom stereocenters. The van der Waals surface area contributed by atoms with Crippen molar-refractivity contribution >= 4 is 11.8 Å². The highest BCUT2D eigenvalue weighted by Crippen LogP contribution is 2.30. The third-order valence-corrected chi connectivity index (χ3v) is 3.71. The van der Waals surface area contributed by atoms with Gasteiger partial charge in [-0.1, -0.05) is 26.0 Å². The molecule has 108 valence electrons. The summed E-state index contributed by atoms with van der Waals surface area (Å²) in [5.74, 6) is 1.06. The number of nitrogens with zero attached hydrogens (tertiary/aromatic N) is 2. The monoisotopic (exact) mass is 294 g/mol. The SMILES string of the molecule is Cc1nc(Sc2c(F)cccc2CNCC(C)C)n[nH]1. The zero-order valence-electron chi connectivity index (χ0n) is 11.9. The molecule has 6 heteroatoms. The zero-order chi connectivity index (χ0) is 14.5. The van der Waals surface area contributed by atoms with E-state index in [0.29, 0.717) is 22.5 Å². The van der Waals surface area contributed by atoms with Crippen LogP contribution in [0.15, 0.2) is 28.3 Å². The van der Waals surface area contributed by atoms with Crippen LogP contribution in [-0.4, -0.2) is 21.7 Å². The van der Waals surface area contributed by atoms with Gasteiger partial charge in [-0.05, 0) is 42.8 Å². The number of aromatic amines is 1. The Kier molecular flexibility index (Phi) is 5.14. The van der Waals surface area contributed by atoms with Gasteiger partial charge < -0.3 is 5.32 Å². The second kappa shape index (κ2) is 6.85. The quantitative estimate of drug-likeness (QED) is 0.859. The van der Waals surface area contributed by atoms with Crippen LogP contribution in [0.5, 0.6) is 0 Å². The van der Waals surface area contributed by atoms with Gasteiger partial charge in [-0.3, -0.25) is 5.10 Å². The van der Waals surface area contributed by atoms with Gasteiger partial charge in [-0.15, -0.1) is 5.10 Å². The minimum absolute atomic E-state index is 0.235. The van der Waals surface area contributed by atoms with E-state index in [2.05, 4.69) is 34.3 Å². The first-order valence-electron chi connectivity index (χ1n) is 6.61. The molecule has 0 spiro atoms. The summed E-state index contributed by atoms with van der Waals surface area (Å²) >= 11 is 1.25. The lowest BCUT2D eigenvalue weighted by molar-refractivity contribution is 0.543. The Morgan fingerprint density at radius 2 is 2.20 bits per heavy atom. The Morgan fingerprint density at radius 3 is 2.85 bits per heavy atom. The van der Waals surface area contributed by atoms with Crippen LogP contribution < -0.4 is 5.32 Å². The summed E-state index contributed by atoms with van der Waals surface area (Å²) in [6, 6.07) is 5.13. The van der Waals surface area contributed by atoms with Crippen molar-refractivity contribution in [1.82, 2.24) is 20.5 Å². The van der Waals surface area contributed by atoms with E-state index in [1.165, 1.54) is 17.8 Å². The smallest absolute Gasteiger partial charge is 0.213 e. The molecule has 0 aliphatic rings. The molecule has 2 rings (SSSR count). The maximum Gasteiger partial charge on any atom is 0.213 e. The molecule has 0 saturated heterocycles. The molecule has 0 saturated carbocycles. The molecule has 1 aromatic heterocycles. The highest BCUT2D eigenvalue weighted by Gasteiger charge is 2.12. The summed E-state index contributed by atoms with van der Waals surface area (Å²) < 4.78 is 14.0. The zero-order valence-corrected chi connectivity index (χ0v) is 12.7. The van der Waals surface area contributed by atoms with Gasteiger partial charge in [0, 0.05) is 6.54 Å². The predicted octanol–water partition coefficient (Wildman–Crippen LogP) is 3.15.